The molecule has 0 saturated carbocycles. The molecule has 0 aromatic heterocycles. The number of rotatable bonds is 5. The molecule has 2 aliphatic rings. The Balaban J connectivity index is 1.49. The van der Waals surface area contributed by atoms with E-state index >= 15 is 0 Å². The summed E-state index contributed by atoms with van der Waals surface area (Å²) in [4.78, 5) is 28.7. The highest BCUT2D eigenvalue weighted by Gasteiger charge is 2.35. The van der Waals surface area contributed by atoms with Gasteiger partial charge in [0, 0.05) is 44.8 Å². The molecule has 1 unspecified atom stereocenters. The summed E-state index contributed by atoms with van der Waals surface area (Å²) < 4.78 is 5.31. The lowest BCUT2D eigenvalue weighted by Gasteiger charge is -2.26. The van der Waals surface area contributed by atoms with E-state index in [1.165, 1.54) is 0 Å². The minimum absolute atomic E-state index is 0.0207. The number of nitrogens with zero attached hydrogens (tertiary/aromatic N) is 2. The van der Waals surface area contributed by atoms with E-state index in [1.807, 2.05) is 31.2 Å². The van der Waals surface area contributed by atoms with Gasteiger partial charge in [-0.2, -0.15) is 0 Å². The van der Waals surface area contributed by atoms with E-state index in [2.05, 4.69) is 10.2 Å². The second-order valence-electron chi connectivity index (χ2n) is 6.44. The standard InChI is InChI=1S/C18H25N3O3/c1-14-4-2-3-5-16(14)21-13-15(12-17(21)22)18(23)19-6-7-20-8-10-24-11-9-20/h2-5,15H,6-13H2,1H3,(H,19,23). The van der Waals surface area contributed by atoms with Crippen molar-refractivity contribution in [1.29, 1.82) is 0 Å². The number of ether oxygens (including phenoxy) is 1. The summed E-state index contributed by atoms with van der Waals surface area (Å²) in [5, 5.41) is 2.98. The van der Waals surface area contributed by atoms with Crippen molar-refractivity contribution in [2.24, 2.45) is 5.92 Å². The molecule has 1 aromatic carbocycles. The molecule has 6 nitrogen and oxygen atoms in total. The van der Waals surface area contributed by atoms with Crippen molar-refractivity contribution in [3.63, 3.8) is 0 Å². The number of anilines is 1. The number of benzene rings is 1. The molecule has 130 valence electrons. The van der Waals surface area contributed by atoms with Crippen LogP contribution in [0.5, 0.6) is 0 Å². The average Bonchev–Trinajstić information content (AvgIpc) is 2.98. The fraction of sp³-hybridized carbons (Fsp3) is 0.556. The van der Waals surface area contributed by atoms with Crippen LogP contribution in [-0.4, -0.2) is 62.7 Å². The SMILES string of the molecule is Cc1ccccc1N1CC(C(=O)NCCN2CCOCC2)CC1=O. The summed E-state index contributed by atoms with van der Waals surface area (Å²) in [6.07, 6.45) is 0.289. The molecule has 3 rings (SSSR count). The molecule has 2 saturated heterocycles. The van der Waals surface area contributed by atoms with Crippen LogP contribution in [0.4, 0.5) is 5.69 Å². The number of hydrogen-bond donors (Lipinski definition) is 1. The highest BCUT2D eigenvalue weighted by molar-refractivity contribution is 6.00. The Morgan fingerprint density at radius 1 is 1.29 bits per heavy atom. The maximum absolute atomic E-state index is 12.4. The Bertz CT molecular complexity index is 599. The van der Waals surface area contributed by atoms with E-state index in [0.717, 1.165) is 44.1 Å². The number of hydrogen-bond acceptors (Lipinski definition) is 4. The fourth-order valence-corrected chi connectivity index (χ4v) is 3.29. The predicted octanol–water partition coefficient (Wildman–Crippen LogP) is 0.796. The Kier molecular flexibility index (Phi) is 5.48. The maximum Gasteiger partial charge on any atom is 0.227 e. The summed E-state index contributed by atoms with van der Waals surface area (Å²) >= 11 is 0. The predicted molar refractivity (Wildman–Crippen MR) is 91.9 cm³/mol. The number of para-hydroxylation sites is 1. The Morgan fingerprint density at radius 3 is 2.79 bits per heavy atom. The number of carbonyl (C=O) groups is 2. The molecular weight excluding hydrogens is 306 g/mol. The summed E-state index contributed by atoms with van der Waals surface area (Å²) in [7, 11) is 0. The van der Waals surface area contributed by atoms with E-state index in [-0.39, 0.29) is 24.2 Å². The summed E-state index contributed by atoms with van der Waals surface area (Å²) in [6, 6.07) is 7.80. The van der Waals surface area contributed by atoms with E-state index in [4.69, 9.17) is 4.74 Å². The van der Waals surface area contributed by atoms with Gasteiger partial charge in [-0.15, -0.1) is 0 Å². The largest absolute Gasteiger partial charge is 0.379 e. The van der Waals surface area contributed by atoms with Crippen molar-refractivity contribution >= 4 is 17.5 Å². The zero-order chi connectivity index (χ0) is 16.9. The van der Waals surface area contributed by atoms with E-state index in [9.17, 15) is 9.59 Å². The summed E-state index contributed by atoms with van der Waals surface area (Å²) in [5.74, 6) is -0.257. The monoisotopic (exact) mass is 331 g/mol. The van der Waals surface area contributed by atoms with Crippen LogP contribution in [0.2, 0.25) is 0 Å². The molecular formula is C18H25N3O3. The third kappa shape index (κ3) is 3.94. The lowest BCUT2D eigenvalue weighted by Crippen LogP contribution is -2.42. The van der Waals surface area contributed by atoms with E-state index in [0.29, 0.717) is 13.1 Å². The van der Waals surface area contributed by atoms with Gasteiger partial charge in [0.2, 0.25) is 11.8 Å². The van der Waals surface area contributed by atoms with Gasteiger partial charge < -0.3 is 15.0 Å². The topological polar surface area (TPSA) is 61.9 Å². The first-order chi connectivity index (χ1) is 11.6. The fourth-order valence-electron chi connectivity index (χ4n) is 3.29. The highest BCUT2D eigenvalue weighted by Crippen LogP contribution is 2.27. The first-order valence-electron chi connectivity index (χ1n) is 8.59. The Labute approximate surface area is 142 Å². The number of carbonyl (C=O) groups excluding carboxylic acids is 2. The van der Waals surface area contributed by atoms with Gasteiger partial charge in [0.15, 0.2) is 0 Å². The van der Waals surface area contributed by atoms with Crippen LogP contribution in [0.25, 0.3) is 0 Å². The van der Waals surface area contributed by atoms with Crippen LogP contribution in [0.3, 0.4) is 0 Å². The van der Waals surface area contributed by atoms with Crippen LogP contribution >= 0.6 is 0 Å². The molecule has 0 spiro atoms. The average molecular weight is 331 g/mol. The smallest absolute Gasteiger partial charge is 0.227 e. The number of amides is 2. The van der Waals surface area contributed by atoms with Gasteiger partial charge in [0.1, 0.15) is 0 Å². The molecule has 1 atom stereocenters. The van der Waals surface area contributed by atoms with Gasteiger partial charge in [0.05, 0.1) is 19.1 Å². The van der Waals surface area contributed by atoms with Crippen molar-refractivity contribution in [3.8, 4) is 0 Å². The normalized spacial score (nSPS) is 22.0. The maximum atomic E-state index is 12.4. The molecule has 6 heteroatoms. The van der Waals surface area contributed by atoms with Gasteiger partial charge in [0.25, 0.3) is 0 Å². The van der Waals surface area contributed by atoms with Crippen molar-refractivity contribution in [1.82, 2.24) is 10.2 Å². The van der Waals surface area contributed by atoms with Gasteiger partial charge in [-0.1, -0.05) is 18.2 Å². The van der Waals surface area contributed by atoms with Gasteiger partial charge in [-0.05, 0) is 18.6 Å². The molecule has 1 aromatic rings. The minimum atomic E-state index is -0.262. The first kappa shape index (κ1) is 16.9. The minimum Gasteiger partial charge on any atom is -0.379 e. The molecule has 2 aliphatic heterocycles. The molecule has 2 fully saturated rings. The second-order valence-corrected chi connectivity index (χ2v) is 6.44. The van der Waals surface area contributed by atoms with Gasteiger partial charge in [-0.3, -0.25) is 14.5 Å². The summed E-state index contributed by atoms with van der Waals surface area (Å²) in [6.45, 7) is 7.25. The van der Waals surface area contributed by atoms with Crippen LogP contribution in [0, 0.1) is 12.8 Å². The third-order valence-electron chi connectivity index (χ3n) is 4.73. The van der Waals surface area contributed by atoms with Crippen molar-refractivity contribution in [2.45, 2.75) is 13.3 Å². The molecule has 0 radical (unpaired) electrons. The van der Waals surface area contributed by atoms with Crippen molar-refractivity contribution < 1.29 is 14.3 Å². The third-order valence-corrected chi connectivity index (χ3v) is 4.73. The highest BCUT2D eigenvalue weighted by atomic mass is 16.5. The van der Waals surface area contributed by atoms with Crippen LogP contribution in [0.1, 0.15) is 12.0 Å². The van der Waals surface area contributed by atoms with Crippen molar-refractivity contribution in [2.75, 3.05) is 50.8 Å². The van der Waals surface area contributed by atoms with Gasteiger partial charge in [-0.25, -0.2) is 0 Å². The first-order valence-corrected chi connectivity index (χ1v) is 8.59. The number of morpholine rings is 1. The van der Waals surface area contributed by atoms with E-state index in [1.54, 1.807) is 4.90 Å². The second kappa shape index (κ2) is 7.77. The number of nitrogens with one attached hydrogen (secondary N) is 1. The van der Waals surface area contributed by atoms with Crippen molar-refractivity contribution in [3.05, 3.63) is 29.8 Å². The Morgan fingerprint density at radius 2 is 2.04 bits per heavy atom. The summed E-state index contributed by atoms with van der Waals surface area (Å²) in [5.41, 5.74) is 1.96. The zero-order valence-electron chi connectivity index (χ0n) is 14.2. The zero-order valence-corrected chi connectivity index (χ0v) is 14.2. The van der Waals surface area contributed by atoms with Crippen LogP contribution in [0.15, 0.2) is 24.3 Å². The molecule has 24 heavy (non-hydrogen) atoms. The number of aryl methyl sites for hydroxylation is 1. The molecule has 2 amide bonds. The van der Waals surface area contributed by atoms with Crippen LogP contribution < -0.4 is 10.2 Å². The van der Waals surface area contributed by atoms with Gasteiger partial charge >= 0.3 is 0 Å². The molecule has 0 bridgehead atoms. The molecule has 2 heterocycles. The Hall–Kier alpha value is -1.92. The lowest BCUT2D eigenvalue weighted by molar-refractivity contribution is -0.126. The molecule has 1 N–H and O–H groups in total. The van der Waals surface area contributed by atoms with E-state index < -0.39 is 0 Å². The quantitative estimate of drug-likeness (QED) is 0.867. The lowest BCUT2D eigenvalue weighted by atomic mass is 10.1. The molecule has 0 aliphatic carbocycles. The van der Waals surface area contributed by atoms with Crippen LogP contribution in [-0.2, 0) is 14.3 Å².